The molecule has 2 aromatic carbocycles. The maximum absolute atomic E-state index is 13.4. The second-order valence-corrected chi connectivity index (χ2v) is 9.90. The van der Waals surface area contributed by atoms with E-state index in [-0.39, 0.29) is 29.6 Å². The van der Waals surface area contributed by atoms with Crippen LogP contribution in [0.3, 0.4) is 0 Å². The lowest BCUT2D eigenvalue weighted by Crippen LogP contribution is -2.38. The van der Waals surface area contributed by atoms with Crippen LogP contribution >= 0.6 is 0 Å². The third kappa shape index (κ3) is 4.33. The smallest absolute Gasteiger partial charge is 0.252 e. The highest BCUT2D eigenvalue weighted by atomic mass is 32.2. The van der Waals surface area contributed by atoms with Crippen molar-refractivity contribution in [3.8, 4) is 0 Å². The zero-order valence-corrected chi connectivity index (χ0v) is 18.0. The SMILES string of the molecule is Cc1ccc(S(=O)(=O)N(Cc2cc3ccc(C)cc3[nH]c2=O)CC2CCCO2)cc1. The van der Waals surface area contributed by atoms with Crippen molar-refractivity contribution in [2.45, 2.75) is 44.2 Å². The molecular weight excluding hydrogens is 400 g/mol. The number of hydrogen-bond acceptors (Lipinski definition) is 4. The third-order valence-corrected chi connectivity index (χ3v) is 7.34. The zero-order valence-electron chi connectivity index (χ0n) is 17.2. The Hall–Kier alpha value is -2.48. The highest BCUT2D eigenvalue weighted by molar-refractivity contribution is 7.89. The molecule has 1 fully saturated rings. The third-order valence-electron chi connectivity index (χ3n) is 5.52. The van der Waals surface area contributed by atoms with Crippen molar-refractivity contribution in [1.82, 2.24) is 9.29 Å². The van der Waals surface area contributed by atoms with Crippen LogP contribution in [-0.4, -0.2) is 37.0 Å². The lowest BCUT2D eigenvalue weighted by molar-refractivity contribution is 0.0925. The van der Waals surface area contributed by atoms with E-state index in [9.17, 15) is 13.2 Å². The van der Waals surface area contributed by atoms with Gasteiger partial charge in [-0.2, -0.15) is 4.31 Å². The van der Waals surface area contributed by atoms with Gasteiger partial charge in [0.25, 0.3) is 5.56 Å². The number of benzene rings is 2. The average molecular weight is 427 g/mol. The minimum atomic E-state index is -3.78. The Bertz CT molecular complexity index is 1210. The number of aromatic amines is 1. The van der Waals surface area contributed by atoms with Gasteiger partial charge in [0.15, 0.2) is 0 Å². The van der Waals surface area contributed by atoms with E-state index in [0.29, 0.717) is 12.2 Å². The number of aromatic nitrogens is 1. The molecule has 0 radical (unpaired) electrons. The first kappa shape index (κ1) is 20.8. The van der Waals surface area contributed by atoms with E-state index in [0.717, 1.165) is 34.9 Å². The lowest BCUT2D eigenvalue weighted by Gasteiger charge is -2.25. The van der Waals surface area contributed by atoms with Crippen molar-refractivity contribution in [2.75, 3.05) is 13.2 Å². The Morgan fingerprint density at radius 2 is 1.80 bits per heavy atom. The molecule has 1 aliphatic rings. The molecule has 6 nitrogen and oxygen atoms in total. The van der Waals surface area contributed by atoms with E-state index < -0.39 is 10.0 Å². The standard InChI is InChI=1S/C23H26N2O4S/c1-16-6-9-21(10-7-16)30(27,28)25(15-20-4-3-11-29-20)14-19-13-18-8-5-17(2)12-22(18)24-23(19)26/h5-10,12-13,20H,3-4,11,14-15H2,1-2H3,(H,24,26). The molecule has 1 unspecified atom stereocenters. The summed E-state index contributed by atoms with van der Waals surface area (Å²) in [5.74, 6) is 0. The number of fused-ring (bicyclic) bond motifs is 1. The molecule has 1 atom stereocenters. The Kier molecular flexibility index (Phi) is 5.77. The minimum Gasteiger partial charge on any atom is -0.377 e. The first-order valence-electron chi connectivity index (χ1n) is 10.1. The molecule has 1 aliphatic heterocycles. The highest BCUT2D eigenvalue weighted by Crippen LogP contribution is 2.23. The lowest BCUT2D eigenvalue weighted by atomic mass is 10.1. The predicted molar refractivity (Wildman–Crippen MR) is 117 cm³/mol. The Balaban J connectivity index is 1.72. The fourth-order valence-electron chi connectivity index (χ4n) is 3.79. The summed E-state index contributed by atoms with van der Waals surface area (Å²) >= 11 is 0. The van der Waals surface area contributed by atoms with Gasteiger partial charge < -0.3 is 9.72 Å². The topological polar surface area (TPSA) is 79.5 Å². The number of hydrogen-bond donors (Lipinski definition) is 1. The van der Waals surface area contributed by atoms with Crippen molar-refractivity contribution in [1.29, 1.82) is 0 Å². The Morgan fingerprint density at radius 1 is 1.07 bits per heavy atom. The molecule has 2 heterocycles. The van der Waals surface area contributed by atoms with Gasteiger partial charge in [-0.05, 0) is 61.9 Å². The van der Waals surface area contributed by atoms with Crippen LogP contribution in [0.4, 0.5) is 0 Å². The van der Waals surface area contributed by atoms with Gasteiger partial charge in [-0.15, -0.1) is 0 Å². The van der Waals surface area contributed by atoms with Crippen molar-refractivity contribution in [3.05, 3.63) is 75.6 Å². The van der Waals surface area contributed by atoms with Gasteiger partial charge >= 0.3 is 0 Å². The monoisotopic (exact) mass is 426 g/mol. The molecule has 1 N–H and O–H groups in total. The van der Waals surface area contributed by atoms with Gasteiger partial charge in [-0.1, -0.05) is 29.8 Å². The Labute approximate surface area is 176 Å². The number of nitrogens with zero attached hydrogens (tertiary/aromatic N) is 1. The van der Waals surface area contributed by atoms with E-state index in [2.05, 4.69) is 4.98 Å². The molecule has 0 amide bonds. The molecule has 4 rings (SSSR count). The first-order valence-corrected chi connectivity index (χ1v) is 11.6. The fourth-order valence-corrected chi connectivity index (χ4v) is 5.24. The van der Waals surface area contributed by atoms with Crippen LogP contribution in [0, 0.1) is 13.8 Å². The molecule has 30 heavy (non-hydrogen) atoms. The quantitative estimate of drug-likeness (QED) is 0.654. The summed E-state index contributed by atoms with van der Waals surface area (Å²) < 4.78 is 33.9. The van der Waals surface area contributed by atoms with Crippen LogP contribution in [0.2, 0.25) is 0 Å². The van der Waals surface area contributed by atoms with Crippen molar-refractivity contribution in [3.63, 3.8) is 0 Å². The van der Waals surface area contributed by atoms with Gasteiger partial charge in [0, 0.05) is 30.8 Å². The molecule has 7 heteroatoms. The number of aryl methyl sites for hydroxylation is 2. The van der Waals surface area contributed by atoms with Crippen molar-refractivity contribution in [2.24, 2.45) is 0 Å². The van der Waals surface area contributed by atoms with Crippen molar-refractivity contribution >= 4 is 20.9 Å². The summed E-state index contributed by atoms with van der Waals surface area (Å²) in [4.78, 5) is 15.8. The van der Waals surface area contributed by atoms with E-state index >= 15 is 0 Å². The summed E-state index contributed by atoms with van der Waals surface area (Å²) in [7, 11) is -3.78. The van der Waals surface area contributed by atoms with Gasteiger partial charge in [-0.3, -0.25) is 4.79 Å². The van der Waals surface area contributed by atoms with Crippen LogP contribution in [0.25, 0.3) is 10.9 Å². The highest BCUT2D eigenvalue weighted by Gasteiger charge is 2.30. The molecule has 1 aromatic heterocycles. The van der Waals surface area contributed by atoms with Crippen LogP contribution < -0.4 is 5.56 Å². The number of nitrogens with one attached hydrogen (secondary N) is 1. The van der Waals surface area contributed by atoms with Crippen LogP contribution in [0.5, 0.6) is 0 Å². The zero-order chi connectivity index (χ0) is 21.3. The summed E-state index contributed by atoms with van der Waals surface area (Å²) in [5, 5.41) is 0.875. The summed E-state index contributed by atoms with van der Waals surface area (Å²) in [6.45, 7) is 4.73. The molecular formula is C23H26N2O4S. The number of rotatable bonds is 6. The predicted octanol–water partition coefficient (Wildman–Crippen LogP) is 3.51. The summed E-state index contributed by atoms with van der Waals surface area (Å²) in [5.41, 5.74) is 2.93. The van der Waals surface area contributed by atoms with E-state index in [1.807, 2.05) is 32.0 Å². The maximum Gasteiger partial charge on any atom is 0.252 e. The summed E-state index contributed by atoms with van der Waals surface area (Å²) in [6.07, 6.45) is 1.57. The minimum absolute atomic E-state index is 0.00474. The van der Waals surface area contributed by atoms with E-state index in [4.69, 9.17) is 4.74 Å². The van der Waals surface area contributed by atoms with E-state index in [1.54, 1.807) is 30.3 Å². The number of pyridine rings is 1. The average Bonchev–Trinajstić information content (AvgIpc) is 3.21. The maximum atomic E-state index is 13.4. The van der Waals surface area contributed by atoms with Gasteiger partial charge in [-0.25, -0.2) is 8.42 Å². The second-order valence-electron chi connectivity index (χ2n) is 7.96. The normalized spacial score (nSPS) is 17.1. The first-order chi connectivity index (χ1) is 14.3. The van der Waals surface area contributed by atoms with E-state index in [1.165, 1.54) is 4.31 Å². The molecule has 158 valence electrons. The molecule has 0 spiro atoms. The fraction of sp³-hybridized carbons (Fsp3) is 0.348. The van der Waals surface area contributed by atoms with Crippen molar-refractivity contribution < 1.29 is 13.2 Å². The second kappa shape index (κ2) is 8.34. The number of sulfonamides is 1. The molecule has 0 aliphatic carbocycles. The molecule has 1 saturated heterocycles. The largest absolute Gasteiger partial charge is 0.377 e. The molecule has 0 saturated carbocycles. The van der Waals surface area contributed by atoms with Gasteiger partial charge in [0.2, 0.25) is 10.0 Å². The number of ether oxygens (including phenoxy) is 1. The van der Waals surface area contributed by atoms with Crippen LogP contribution in [-0.2, 0) is 21.3 Å². The van der Waals surface area contributed by atoms with Gasteiger partial charge in [0.05, 0.1) is 11.0 Å². The van der Waals surface area contributed by atoms with Crippen LogP contribution in [0.15, 0.2) is 58.2 Å². The molecule has 3 aromatic rings. The summed E-state index contributed by atoms with van der Waals surface area (Å²) in [6, 6.07) is 14.4. The van der Waals surface area contributed by atoms with Crippen LogP contribution in [0.1, 0.15) is 29.5 Å². The Morgan fingerprint density at radius 3 is 2.50 bits per heavy atom. The van der Waals surface area contributed by atoms with Gasteiger partial charge in [0.1, 0.15) is 0 Å². The molecule has 0 bridgehead atoms. The number of H-pyrrole nitrogens is 1.